The van der Waals surface area contributed by atoms with Crippen molar-refractivity contribution in [2.24, 2.45) is 0 Å². The van der Waals surface area contributed by atoms with Crippen LogP contribution < -0.4 is 10.9 Å². The lowest BCUT2D eigenvalue weighted by Gasteiger charge is -2.23. The van der Waals surface area contributed by atoms with Gasteiger partial charge in [0.15, 0.2) is 0 Å². The Labute approximate surface area is 172 Å². The number of nitrogens with one attached hydrogen (secondary N) is 1. The first-order valence-electron chi connectivity index (χ1n) is 9.53. The lowest BCUT2D eigenvalue weighted by Crippen LogP contribution is -2.26. The Balaban J connectivity index is 1.71. The summed E-state index contributed by atoms with van der Waals surface area (Å²) in [5.74, 6) is -0.295. The average Bonchev–Trinajstić information content (AvgIpc) is 3.02. The molecule has 0 atom stereocenters. The highest BCUT2D eigenvalue weighted by Gasteiger charge is 2.23. The molecule has 1 aliphatic carbocycles. The number of carbonyl (C=O) groups is 1. The summed E-state index contributed by atoms with van der Waals surface area (Å²) in [5, 5.41) is 3.34. The Morgan fingerprint density at radius 2 is 2.00 bits per heavy atom. The van der Waals surface area contributed by atoms with E-state index in [2.05, 4.69) is 10.3 Å². The molecule has 1 amide bonds. The number of fused-ring (bicyclic) bond motifs is 1. The van der Waals surface area contributed by atoms with Gasteiger partial charge in [0.1, 0.15) is 10.2 Å². The minimum absolute atomic E-state index is 0.0441. The van der Waals surface area contributed by atoms with Crippen molar-refractivity contribution >= 4 is 44.7 Å². The minimum Gasteiger partial charge on any atom is -0.321 e. The number of anilines is 1. The Kier molecular flexibility index (Phi) is 5.25. The van der Waals surface area contributed by atoms with Crippen LogP contribution in [0.25, 0.3) is 10.2 Å². The topological polar surface area (TPSA) is 64.0 Å². The molecule has 0 bridgehead atoms. The molecule has 7 heteroatoms. The molecule has 0 spiro atoms. The fraction of sp³-hybridized carbons (Fsp3) is 0.381. The number of aromatic nitrogens is 2. The third-order valence-electron chi connectivity index (χ3n) is 5.37. The van der Waals surface area contributed by atoms with Gasteiger partial charge in [-0.1, -0.05) is 36.9 Å². The summed E-state index contributed by atoms with van der Waals surface area (Å²) in [7, 11) is 0. The molecule has 146 valence electrons. The summed E-state index contributed by atoms with van der Waals surface area (Å²) < 4.78 is 2.31. The van der Waals surface area contributed by atoms with E-state index in [1.165, 1.54) is 17.8 Å². The van der Waals surface area contributed by atoms with Crippen molar-refractivity contribution in [2.75, 3.05) is 5.32 Å². The highest BCUT2D eigenvalue weighted by Crippen LogP contribution is 2.31. The molecule has 1 aromatic carbocycles. The normalized spacial score (nSPS) is 15.1. The van der Waals surface area contributed by atoms with Crippen LogP contribution in [0.1, 0.15) is 58.9 Å². The van der Waals surface area contributed by atoms with Crippen molar-refractivity contribution in [3.05, 3.63) is 55.9 Å². The van der Waals surface area contributed by atoms with Gasteiger partial charge < -0.3 is 5.32 Å². The van der Waals surface area contributed by atoms with Gasteiger partial charge in [-0.2, -0.15) is 0 Å². The molecule has 0 radical (unpaired) electrons. The van der Waals surface area contributed by atoms with Gasteiger partial charge in [0.2, 0.25) is 0 Å². The summed E-state index contributed by atoms with van der Waals surface area (Å²) in [6, 6.07) is 5.69. The number of amides is 1. The van der Waals surface area contributed by atoms with Crippen LogP contribution in [0.4, 0.5) is 5.69 Å². The van der Waals surface area contributed by atoms with Crippen molar-refractivity contribution in [3.8, 4) is 0 Å². The van der Waals surface area contributed by atoms with E-state index in [1.54, 1.807) is 23.0 Å². The van der Waals surface area contributed by atoms with Gasteiger partial charge in [-0.15, -0.1) is 11.3 Å². The molecule has 1 saturated carbocycles. The monoisotopic (exact) mass is 415 g/mol. The van der Waals surface area contributed by atoms with E-state index in [0.29, 0.717) is 26.5 Å². The van der Waals surface area contributed by atoms with Gasteiger partial charge in [-0.25, -0.2) is 4.98 Å². The van der Waals surface area contributed by atoms with Crippen molar-refractivity contribution in [1.29, 1.82) is 0 Å². The van der Waals surface area contributed by atoms with E-state index in [0.717, 1.165) is 36.1 Å². The smallest absolute Gasteiger partial charge is 0.271 e. The second-order valence-corrected chi connectivity index (χ2v) is 9.03. The van der Waals surface area contributed by atoms with Crippen molar-refractivity contribution in [1.82, 2.24) is 9.55 Å². The summed E-state index contributed by atoms with van der Waals surface area (Å²) in [5.41, 5.74) is 2.44. The van der Waals surface area contributed by atoms with Crippen LogP contribution in [0.15, 0.2) is 29.3 Å². The van der Waals surface area contributed by atoms with Crippen LogP contribution >= 0.6 is 22.9 Å². The fourth-order valence-electron chi connectivity index (χ4n) is 3.88. The maximum atomic E-state index is 13.0. The lowest BCUT2D eigenvalue weighted by atomic mass is 9.95. The highest BCUT2D eigenvalue weighted by molar-refractivity contribution is 7.19. The van der Waals surface area contributed by atoms with Crippen molar-refractivity contribution in [3.63, 3.8) is 0 Å². The first-order chi connectivity index (χ1) is 13.5. The van der Waals surface area contributed by atoms with E-state index in [1.807, 2.05) is 19.9 Å². The molecule has 28 heavy (non-hydrogen) atoms. The SMILES string of the molecule is Cc1ccc(NC(=O)c2c(C)sc3c(=O)n(C4CCCCC4)cnc23)c(Cl)c1. The van der Waals surface area contributed by atoms with Gasteiger partial charge in [-0.3, -0.25) is 14.2 Å². The van der Waals surface area contributed by atoms with Crippen molar-refractivity contribution < 1.29 is 4.79 Å². The molecule has 0 saturated heterocycles. The lowest BCUT2D eigenvalue weighted by molar-refractivity contribution is 0.102. The minimum atomic E-state index is -0.295. The number of halogens is 1. The predicted molar refractivity (Wildman–Crippen MR) is 115 cm³/mol. The van der Waals surface area contributed by atoms with Crippen LogP contribution in [0.2, 0.25) is 5.02 Å². The molecule has 5 nitrogen and oxygen atoms in total. The molecule has 4 rings (SSSR count). The van der Waals surface area contributed by atoms with E-state index >= 15 is 0 Å². The Morgan fingerprint density at radius 3 is 2.71 bits per heavy atom. The van der Waals surface area contributed by atoms with Crippen LogP contribution in [0.5, 0.6) is 0 Å². The van der Waals surface area contributed by atoms with E-state index < -0.39 is 0 Å². The standard InChI is InChI=1S/C21H22ClN3O2S/c1-12-8-9-16(15(22)10-12)24-20(26)17-13(2)28-19-18(17)23-11-25(21(19)27)14-6-4-3-5-7-14/h8-11,14H,3-7H2,1-2H3,(H,24,26). The summed E-state index contributed by atoms with van der Waals surface area (Å²) in [6.45, 7) is 3.79. The zero-order chi connectivity index (χ0) is 19.8. The van der Waals surface area contributed by atoms with Crippen LogP contribution in [0, 0.1) is 13.8 Å². The number of nitrogens with zero attached hydrogens (tertiary/aromatic N) is 2. The molecule has 0 unspecified atom stereocenters. The van der Waals surface area contributed by atoms with Gasteiger partial charge in [0, 0.05) is 10.9 Å². The third-order valence-corrected chi connectivity index (χ3v) is 6.76. The number of aryl methyl sites for hydroxylation is 2. The number of rotatable bonds is 3. The molecular formula is C21H22ClN3O2S. The second kappa shape index (κ2) is 7.68. The number of thiophene rings is 1. The van der Waals surface area contributed by atoms with Crippen molar-refractivity contribution in [2.45, 2.75) is 52.0 Å². The zero-order valence-electron chi connectivity index (χ0n) is 15.9. The summed E-state index contributed by atoms with van der Waals surface area (Å²) in [6.07, 6.45) is 7.15. The largest absolute Gasteiger partial charge is 0.321 e. The van der Waals surface area contributed by atoms with Gasteiger partial charge in [0.05, 0.1) is 22.6 Å². The van der Waals surface area contributed by atoms with Gasteiger partial charge in [-0.05, 0) is 44.4 Å². The fourth-order valence-corrected chi connectivity index (χ4v) is 5.21. The quantitative estimate of drug-likeness (QED) is 0.615. The molecule has 1 fully saturated rings. The van der Waals surface area contributed by atoms with E-state index in [9.17, 15) is 9.59 Å². The molecule has 2 heterocycles. The Morgan fingerprint density at radius 1 is 1.25 bits per heavy atom. The van der Waals surface area contributed by atoms with E-state index in [-0.39, 0.29) is 17.5 Å². The van der Waals surface area contributed by atoms with Crippen LogP contribution in [-0.4, -0.2) is 15.5 Å². The number of benzene rings is 1. The second-order valence-electron chi connectivity index (χ2n) is 7.40. The maximum absolute atomic E-state index is 13.0. The van der Waals surface area contributed by atoms with Gasteiger partial charge in [0.25, 0.3) is 11.5 Å². The van der Waals surface area contributed by atoms with Crippen LogP contribution in [0.3, 0.4) is 0 Å². The molecule has 0 aliphatic heterocycles. The first-order valence-corrected chi connectivity index (χ1v) is 10.7. The number of hydrogen-bond acceptors (Lipinski definition) is 4. The highest BCUT2D eigenvalue weighted by atomic mass is 35.5. The number of carbonyl (C=O) groups excluding carboxylic acids is 1. The number of hydrogen-bond donors (Lipinski definition) is 1. The average molecular weight is 416 g/mol. The predicted octanol–water partition coefficient (Wildman–Crippen LogP) is 5.49. The Bertz CT molecular complexity index is 1110. The molecule has 1 aliphatic rings. The molecule has 2 aromatic heterocycles. The summed E-state index contributed by atoms with van der Waals surface area (Å²) in [4.78, 5) is 31.3. The first kappa shape index (κ1) is 19.2. The summed E-state index contributed by atoms with van der Waals surface area (Å²) >= 11 is 7.58. The molecule has 3 aromatic rings. The molecule has 1 N–H and O–H groups in total. The third kappa shape index (κ3) is 3.47. The maximum Gasteiger partial charge on any atom is 0.271 e. The van der Waals surface area contributed by atoms with Gasteiger partial charge >= 0.3 is 0 Å². The Hall–Kier alpha value is -2.18. The van der Waals surface area contributed by atoms with E-state index in [4.69, 9.17) is 11.6 Å². The van der Waals surface area contributed by atoms with Crippen LogP contribution in [-0.2, 0) is 0 Å². The zero-order valence-corrected chi connectivity index (χ0v) is 17.5. The molecular weight excluding hydrogens is 394 g/mol.